The molecule has 2 N–H and O–H groups in total. The fourth-order valence-electron chi connectivity index (χ4n) is 2.82. The van der Waals surface area contributed by atoms with Crippen molar-refractivity contribution in [3.05, 3.63) is 53.6 Å². The van der Waals surface area contributed by atoms with E-state index in [2.05, 4.69) is 10.5 Å². The van der Waals surface area contributed by atoms with Gasteiger partial charge in [-0.3, -0.25) is 9.59 Å². The standard InChI is InChI=1S/C23H28N2O6/c1-4-29-19-14-17(15-20(30-5-2)22(19)31-6-3)23(28)25-24-18(12-13-21(26)27)16-10-8-7-9-11-16/h7-11,14-15H,4-6,12-13H2,1-3H3,(H,25,28)(H,26,27)/b24-18-. The molecule has 0 heterocycles. The topological polar surface area (TPSA) is 106 Å². The maximum Gasteiger partial charge on any atom is 0.303 e. The van der Waals surface area contributed by atoms with Gasteiger partial charge in [0.1, 0.15) is 0 Å². The number of carbonyl (C=O) groups excluding carboxylic acids is 1. The predicted molar refractivity (Wildman–Crippen MR) is 117 cm³/mol. The molecule has 0 saturated heterocycles. The van der Waals surface area contributed by atoms with Crippen molar-refractivity contribution in [2.45, 2.75) is 33.6 Å². The highest BCUT2D eigenvalue weighted by atomic mass is 16.5. The summed E-state index contributed by atoms with van der Waals surface area (Å²) in [5.74, 6) is -0.173. The summed E-state index contributed by atoms with van der Waals surface area (Å²) in [5, 5.41) is 13.2. The van der Waals surface area contributed by atoms with Crippen molar-refractivity contribution < 1.29 is 28.9 Å². The third-order valence-corrected chi connectivity index (χ3v) is 4.15. The van der Waals surface area contributed by atoms with E-state index >= 15 is 0 Å². The number of hydrogen-bond donors (Lipinski definition) is 2. The Bertz CT molecular complexity index is 885. The van der Waals surface area contributed by atoms with E-state index < -0.39 is 11.9 Å². The zero-order valence-corrected chi connectivity index (χ0v) is 18.0. The van der Waals surface area contributed by atoms with Gasteiger partial charge < -0.3 is 19.3 Å². The Hall–Kier alpha value is -3.55. The Kier molecular flexibility index (Phi) is 9.35. The van der Waals surface area contributed by atoms with Crippen LogP contribution in [0.4, 0.5) is 0 Å². The van der Waals surface area contributed by atoms with Crippen LogP contribution in [0.25, 0.3) is 0 Å². The molecular formula is C23H28N2O6. The van der Waals surface area contributed by atoms with Crippen molar-refractivity contribution in [2.24, 2.45) is 5.10 Å². The second-order valence-electron chi connectivity index (χ2n) is 6.36. The van der Waals surface area contributed by atoms with E-state index in [4.69, 9.17) is 19.3 Å². The Labute approximate surface area is 181 Å². The number of hydrazone groups is 1. The molecule has 8 heteroatoms. The van der Waals surface area contributed by atoms with Gasteiger partial charge in [0, 0.05) is 12.0 Å². The van der Waals surface area contributed by atoms with Crippen LogP contribution >= 0.6 is 0 Å². The first-order chi connectivity index (χ1) is 15.0. The van der Waals surface area contributed by atoms with Gasteiger partial charge in [0.25, 0.3) is 5.91 Å². The lowest BCUT2D eigenvalue weighted by Gasteiger charge is -2.16. The average molecular weight is 428 g/mol. The van der Waals surface area contributed by atoms with E-state index in [1.54, 1.807) is 12.1 Å². The lowest BCUT2D eigenvalue weighted by Crippen LogP contribution is -2.21. The fraction of sp³-hybridized carbons (Fsp3) is 0.348. The lowest BCUT2D eigenvalue weighted by atomic mass is 10.1. The SMILES string of the molecule is CCOc1cc(C(=O)N/N=C(/CCC(=O)O)c2ccccc2)cc(OCC)c1OCC. The molecule has 2 rings (SSSR count). The van der Waals surface area contributed by atoms with Crippen LogP contribution in [0.1, 0.15) is 49.5 Å². The van der Waals surface area contributed by atoms with Crippen molar-refractivity contribution in [3.8, 4) is 17.2 Å². The van der Waals surface area contributed by atoms with Crippen LogP contribution in [-0.4, -0.2) is 42.5 Å². The number of amides is 1. The number of hydrogen-bond acceptors (Lipinski definition) is 6. The molecule has 31 heavy (non-hydrogen) atoms. The van der Waals surface area contributed by atoms with E-state index in [-0.39, 0.29) is 18.4 Å². The highest BCUT2D eigenvalue weighted by Gasteiger charge is 2.18. The minimum atomic E-state index is -0.941. The summed E-state index contributed by atoms with van der Waals surface area (Å²) < 4.78 is 16.9. The van der Waals surface area contributed by atoms with Gasteiger partial charge in [-0.2, -0.15) is 5.10 Å². The largest absolute Gasteiger partial charge is 0.490 e. The first-order valence-electron chi connectivity index (χ1n) is 10.2. The van der Waals surface area contributed by atoms with Crippen LogP contribution < -0.4 is 19.6 Å². The first kappa shape index (κ1) is 23.7. The van der Waals surface area contributed by atoms with E-state index in [1.807, 2.05) is 51.1 Å². The number of aliphatic carboxylic acids is 1. The molecule has 166 valence electrons. The molecule has 2 aromatic rings. The second-order valence-corrected chi connectivity index (χ2v) is 6.36. The highest BCUT2D eigenvalue weighted by molar-refractivity contribution is 6.03. The summed E-state index contributed by atoms with van der Waals surface area (Å²) >= 11 is 0. The molecule has 0 unspecified atom stereocenters. The zero-order valence-electron chi connectivity index (χ0n) is 18.0. The zero-order chi connectivity index (χ0) is 22.6. The van der Waals surface area contributed by atoms with E-state index in [1.165, 1.54) is 0 Å². The minimum Gasteiger partial charge on any atom is -0.490 e. The van der Waals surface area contributed by atoms with Gasteiger partial charge in [-0.05, 0) is 38.5 Å². The molecule has 0 bridgehead atoms. The number of carboxylic acid groups (broad SMARTS) is 1. The molecular weight excluding hydrogens is 400 g/mol. The maximum absolute atomic E-state index is 12.8. The minimum absolute atomic E-state index is 0.102. The van der Waals surface area contributed by atoms with E-state index in [0.29, 0.717) is 42.8 Å². The lowest BCUT2D eigenvalue weighted by molar-refractivity contribution is -0.136. The Morgan fingerprint density at radius 3 is 1.97 bits per heavy atom. The van der Waals surface area contributed by atoms with Gasteiger partial charge in [0.15, 0.2) is 11.5 Å². The molecule has 0 aliphatic heterocycles. The molecule has 1 amide bonds. The molecule has 2 aromatic carbocycles. The van der Waals surface area contributed by atoms with Crippen molar-refractivity contribution >= 4 is 17.6 Å². The van der Waals surface area contributed by atoms with Gasteiger partial charge in [0.2, 0.25) is 5.75 Å². The summed E-state index contributed by atoms with van der Waals surface area (Å²) in [6, 6.07) is 12.3. The molecule has 0 aromatic heterocycles. The van der Waals surface area contributed by atoms with Crippen LogP contribution in [0.5, 0.6) is 17.2 Å². The molecule has 0 atom stereocenters. The number of carbonyl (C=O) groups is 2. The van der Waals surface area contributed by atoms with Gasteiger partial charge in [-0.15, -0.1) is 0 Å². The number of nitrogens with one attached hydrogen (secondary N) is 1. The molecule has 0 fully saturated rings. The highest BCUT2D eigenvalue weighted by Crippen LogP contribution is 2.39. The van der Waals surface area contributed by atoms with Crippen molar-refractivity contribution in [1.82, 2.24) is 5.43 Å². The first-order valence-corrected chi connectivity index (χ1v) is 10.2. The van der Waals surface area contributed by atoms with Crippen molar-refractivity contribution in [3.63, 3.8) is 0 Å². The van der Waals surface area contributed by atoms with Crippen LogP contribution in [0.15, 0.2) is 47.6 Å². The van der Waals surface area contributed by atoms with Crippen molar-refractivity contribution in [1.29, 1.82) is 0 Å². The normalized spacial score (nSPS) is 11.0. The van der Waals surface area contributed by atoms with Gasteiger partial charge in [-0.1, -0.05) is 30.3 Å². The summed E-state index contributed by atoms with van der Waals surface area (Å²) in [5.41, 5.74) is 4.00. The van der Waals surface area contributed by atoms with Crippen LogP contribution in [-0.2, 0) is 4.79 Å². The third-order valence-electron chi connectivity index (χ3n) is 4.15. The summed E-state index contributed by atoms with van der Waals surface area (Å²) in [7, 11) is 0. The number of ether oxygens (including phenoxy) is 3. The molecule has 0 saturated carbocycles. The molecule has 0 aliphatic rings. The molecule has 0 radical (unpaired) electrons. The molecule has 0 spiro atoms. The van der Waals surface area contributed by atoms with Gasteiger partial charge in [-0.25, -0.2) is 5.43 Å². The Morgan fingerprint density at radius 2 is 1.45 bits per heavy atom. The fourth-order valence-corrected chi connectivity index (χ4v) is 2.82. The van der Waals surface area contributed by atoms with Gasteiger partial charge >= 0.3 is 5.97 Å². The van der Waals surface area contributed by atoms with Crippen molar-refractivity contribution in [2.75, 3.05) is 19.8 Å². The van der Waals surface area contributed by atoms with Crippen LogP contribution in [0.3, 0.4) is 0 Å². The number of benzene rings is 2. The molecule has 8 nitrogen and oxygen atoms in total. The Morgan fingerprint density at radius 1 is 0.871 bits per heavy atom. The number of carboxylic acids is 1. The van der Waals surface area contributed by atoms with Gasteiger partial charge in [0.05, 0.1) is 32.0 Å². The second kappa shape index (κ2) is 12.2. The Balaban J connectivity index is 2.34. The van der Waals surface area contributed by atoms with Crippen LogP contribution in [0.2, 0.25) is 0 Å². The van der Waals surface area contributed by atoms with Crippen LogP contribution in [0, 0.1) is 0 Å². The smallest absolute Gasteiger partial charge is 0.303 e. The predicted octanol–water partition coefficient (Wildman–Crippen LogP) is 3.88. The molecule has 0 aliphatic carbocycles. The third kappa shape index (κ3) is 7.02. The number of rotatable bonds is 12. The van der Waals surface area contributed by atoms with E-state index in [0.717, 1.165) is 5.56 Å². The maximum atomic E-state index is 12.8. The summed E-state index contributed by atoms with van der Waals surface area (Å²) in [6.45, 7) is 6.72. The summed E-state index contributed by atoms with van der Waals surface area (Å²) in [4.78, 5) is 23.8. The average Bonchev–Trinajstić information content (AvgIpc) is 2.76. The summed E-state index contributed by atoms with van der Waals surface area (Å²) in [6.07, 6.45) is 0.0763. The monoisotopic (exact) mass is 428 g/mol. The van der Waals surface area contributed by atoms with E-state index in [9.17, 15) is 9.59 Å². The number of nitrogens with zero attached hydrogens (tertiary/aromatic N) is 1. The quantitative estimate of drug-likeness (QED) is 0.392.